The van der Waals surface area contributed by atoms with E-state index in [2.05, 4.69) is 25.9 Å². The van der Waals surface area contributed by atoms with Gasteiger partial charge in [-0.15, -0.1) is 0 Å². The van der Waals surface area contributed by atoms with Gasteiger partial charge in [0.25, 0.3) is 0 Å². The number of hydrogen-bond donors (Lipinski definition) is 1. The number of piperazine rings is 1. The largest absolute Gasteiger partial charge is 0.465 e. The first-order chi connectivity index (χ1) is 20.4. The lowest BCUT2D eigenvalue weighted by molar-refractivity contribution is 0.119. The second-order valence-corrected chi connectivity index (χ2v) is 11.1. The van der Waals surface area contributed by atoms with Crippen molar-refractivity contribution in [1.29, 1.82) is 5.26 Å². The lowest BCUT2D eigenvalue weighted by Gasteiger charge is -2.39. The van der Waals surface area contributed by atoms with E-state index < -0.39 is 18.0 Å². The van der Waals surface area contributed by atoms with Crippen LogP contribution < -0.4 is 9.64 Å². The van der Waals surface area contributed by atoms with Gasteiger partial charge in [0.15, 0.2) is 5.82 Å². The number of likely N-dealkylation sites (N-methyl/N-ethyl adjacent to an activating group) is 1. The van der Waals surface area contributed by atoms with Crippen LogP contribution in [0, 0.1) is 17.1 Å². The number of ether oxygens (including phenoxy) is 1. The van der Waals surface area contributed by atoms with E-state index in [0.29, 0.717) is 40.3 Å². The number of pyridine rings is 1. The molecule has 1 N–H and O–H groups in total. The van der Waals surface area contributed by atoms with Crippen molar-refractivity contribution in [2.24, 2.45) is 0 Å². The van der Waals surface area contributed by atoms with E-state index in [0.717, 1.165) is 24.8 Å². The molecule has 42 heavy (non-hydrogen) atoms. The van der Waals surface area contributed by atoms with E-state index >= 15 is 4.39 Å². The number of amides is 1. The lowest BCUT2D eigenvalue weighted by atomic mass is 10.0. The monoisotopic (exact) mass is 589 g/mol. The lowest BCUT2D eigenvalue weighted by Crippen LogP contribution is -2.55. The maximum atomic E-state index is 16.5. The van der Waals surface area contributed by atoms with Crippen molar-refractivity contribution in [2.45, 2.75) is 31.3 Å². The fraction of sp³-hybridized carbons (Fsp3) is 0.367. The molecule has 0 aliphatic carbocycles. The van der Waals surface area contributed by atoms with Crippen LogP contribution in [0.15, 0.2) is 42.6 Å². The van der Waals surface area contributed by atoms with Crippen molar-refractivity contribution < 1.29 is 19.0 Å². The highest BCUT2D eigenvalue weighted by atomic mass is 35.5. The van der Waals surface area contributed by atoms with Gasteiger partial charge < -0.3 is 24.5 Å². The van der Waals surface area contributed by atoms with Gasteiger partial charge in [0.2, 0.25) is 0 Å². The van der Waals surface area contributed by atoms with Gasteiger partial charge in [-0.2, -0.15) is 15.2 Å². The van der Waals surface area contributed by atoms with Crippen LogP contribution in [0.25, 0.3) is 32.9 Å². The highest BCUT2D eigenvalue weighted by molar-refractivity contribution is 6.36. The molecular formula is C30H29ClFN7O3. The minimum atomic E-state index is -1.08. The molecule has 12 heteroatoms. The number of anilines is 1. The maximum absolute atomic E-state index is 16.5. The van der Waals surface area contributed by atoms with Crippen LogP contribution in [0.4, 0.5) is 15.0 Å². The number of carbonyl (C=O) groups is 1. The first-order valence-electron chi connectivity index (χ1n) is 13.8. The normalized spacial score (nSPS) is 19.4. The number of aromatic nitrogens is 3. The number of carboxylic acid groups (broad SMARTS) is 1. The number of halogens is 2. The summed E-state index contributed by atoms with van der Waals surface area (Å²) in [5, 5.41) is 21.4. The number of nitrogens with zero attached hydrogens (tertiary/aromatic N) is 7. The summed E-state index contributed by atoms with van der Waals surface area (Å²) in [6.45, 7) is 2.00. The highest BCUT2D eigenvalue weighted by Crippen LogP contribution is 2.37. The Labute approximate surface area is 246 Å². The number of fused-ring (bicyclic) bond motifs is 2. The molecule has 2 aliphatic heterocycles. The van der Waals surface area contributed by atoms with Gasteiger partial charge in [-0.25, -0.2) is 9.18 Å². The molecule has 2 saturated heterocycles. The molecule has 0 saturated carbocycles. The van der Waals surface area contributed by atoms with E-state index in [1.54, 1.807) is 12.1 Å². The van der Waals surface area contributed by atoms with E-state index in [4.69, 9.17) is 16.3 Å². The number of rotatable bonds is 6. The molecule has 2 aliphatic rings. The SMILES string of the molecule is CN1CCCC1COc1nc(N2CCN(C(=O)O)C(CC#N)C2)c2cnc(-c3cccc4cccc(Cl)c34)c(F)c2n1. The van der Waals surface area contributed by atoms with E-state index in [-0.39, 0.29) is 42.8 Å². The summed E-state index contributed by atoms with van der Waals surface area (Å²) in [6.07, 6.45) is 2.52. The van der Waals surface area contributed by atoms with Gasteiger partial charge >= 0.3 is 12.1 Å². The molecule has 4 heterocycles. The smallest absolute Gasteiger partial charge is 0.407 e. The molecule has 2 unspecified atom stereocenters. The van der Waals surface area contributed by atoms with Gasteiger partial charge in [0.05, 0.1) is 23.9 Å². The van der Waals surface area contributed by atoms with E-state index in [9.17, 15) is 15.2 Å². The fourth-order valence-corrected chi connectivity index (χ4v) is 6.23. The Morgan fingerprint density at radius 1 is 1.19 bits per heavy atom. The molecular weight excluding hydrogens is 561 g/mol. The number of benzene rings is 2. The molecule has 6 rings (SSSR count). The van der Waals surface area contributed by atoms with Crippen LogP contribution in [-0.4, -0.2) is 87.9 Å². The fourth-order valence-electron chi connectivity index (χ4n) is 5.95. The van der Waals surface area contributed by atoms with Crippen LogP contribution in [-0.2, 0) is 0 Å². The molecule has 216 valence electrons. The Bertz CT molecular complexity index is 1710. The topological polar surface area (TPSA) is 119 Å². The van der Waals surface area contributed by atoms with Gasteiger partial charge in [-0.3, -0.25) is 4.98 Å². The number of likely N-dealkylation sites (tertiary alicyclic amines) is 1. The van der Waals surface area contributed by atoms with E-state index in [1.165, 1.54) is 11.1 Å². The highest BCUT2D eigenvalue weighted by Gasteiger charge is 2.33. The molecule has 2 aromatic carbocycles. The van der Waals surface area contributed by atoms with Crippen molar-refractivity contribution in [3.63, 3.8) is 0 Å². The summed E-state index contributed by atoms with van der Waals surface area (Å²) < 4.78 is 22.6. The van der Waals surface area contributed by atoms with Crippen molar-refractivity contribution >= 4 is 45.2 Å². The Hall–Kier alpha value is -4.27. The van der Waals surface area contributed by atoms with Crippen LogP contribution in [0.2, 0.25) is 5.02 Å². The second-order valence-electron chi connectivity index (χ2n) is 10.7. The van der Waals surface area contributed by atoms with Gasteiger partial charge in [0, 0.05) is 47.8 Å². The quantitative estimate of drug-likeness (QED) is 0.324. The average Bonchev–Trinajstić information content (AvgIpc) is 3.40. The minimum Gasteiger partial charge on any atom is -0.465 e. The predicted octanol–water partition coefficient (Wildman–Crippen LogP) is 5.19. The summed E-state index contributed by atoms with van der Waals surface area (Å²) in [4.78, 5) is 30.9. The second kappa shape index (κ2) is 11.5. The summed E-state index contributed by atoms with van der Waals surface area (Å²) in [5.41, 5.74) is 0.684. The summed E-state index contributed by atoms with van der Waals surface area (Å²) in [5.74, 6) is -0.249. The molecule has 2 aromatic heterocycles. The minimum absolute atomic E-state index is 0.0157. The molecule has 0 spiro atoms. The van der Waals surface area contributed by atoms with Crippen LogP contribution in [0.3, 0.4) is 0 Å². The van der Waals surface area contributed by atoms with Crippen molar-refractivity contribution in [3.05, 3.63) is 53.4 Å². The van der Waals surface area contributed by atoms with Crippen molar-refractivity contribution in [2.75, 3.05) is 44.7 Å². The standard InChI is InChI=1S/C30H29ClFN7O3/c1-37-12-4-7-20(37)17-42-29-35-27-22(28(36-29)38-13-14-39(30(40)41)19(16-38)10-11-33)15-34-26(25(27)32)21-8-2-5-18-6-3-9-23(31)24(18)21/h2-3,5-6,8-9,15,19-20H,4,7,10,12-14,16-17H2,1H3,(H,40,41). The first kappa shape index (κ1) is 27.9. The zero-order chi connectivity index (χ0) is 29.4. The first-order valence-corrected chi connectivity index (χ1v) is 14.2. The molecule has 1 amide bonds. The van der Waals surface area contributed by atoms with Crippen LogP contribution in [0.5, 0.6) is 6.01 Å². The maximum Gasteiger partial charge on any atom is 0.407 e. The van der Waals surface area contributed by atoms with Crippen LogP contribution >= 0.6 is 11.6 Å². The third kappa shape index (κ3) is 5.12. The third-order valence-corrected chi connectivity index (χ3v) is 8.50. The zero-order valence-corrected chi connectivity index (χ0v) is 23.8. The molecule has 2 fully saturated rings. The summed E-state index contributed by atoms with van der Waals surface area (Å²) >= 11 is 6.55. The molecule has 0 bridgehead atoms. The number of hydrogen-bond acceptors (Lipinski definition) is 8. The Balaban J connectivity index is 1.46. The molecule has 2 atom stereocenters. The molecule has 4 aromatic rings. The van der Waals surface area contributed by atoms with Gasteiger partial charge in [0.1, 0.15) is 23.6 Å². The molecule has 10 nitrogen and oxygen atoms in total. The van der Waals surface area contributed by atoms with Crippen molar-refractivity contribution in [3.8, 4) is 23.3 Å². The Kier molecular flexibility index (Phi) is 7.66. The van der Waals surface area contributed by atoms with E-state index in [1.807, 2.05) is 36.2 Å². The summed E-state index contributed by atoms with van der Waals surface area (Å²) in [6, 6.07) is 12.7. The van der Waals surface area contributed by atoms with Crippen molar-refractivity contribution in [1.82, 2.24) is 24.8 Å². The summed E-state index contributed by atoms with van der Waals surface area (Å²) in [7, 11) is 2.04. The Morgan fingerprint density at radius 3 is 2.74 bits per heavy atom. The van der Waals surface area contributed by atoms with Crippen LogP contribution in [0.1, 0.15) is 19.3 Å². The zero-order valence-electron chi connectivity index (χ0n) is 23.0. The van der Waals surface area contributed by atoms with Gasteiger partial charge in [-0.1, -0.05) is 41.9 Å². The van der Waals surface area contributed by atoms with Gasteiger partial charge in [-0.05, 0) is 37.9 Å². The number of nitriles is 1. The average molecular weight is 590 g/mol. The third-order valence-electron chi connectivity index (χ3n) is 8.18. The Morgan fingerprint density at radius 2 is 2.00 bits per heavy atom. The predicted molar refractivity (Wildman–Crippen MR) is 157 cm³/mol. The molecule has 0 radical (unpaired) electrons.